The van der Waals surface area contributed by atoms with Crippen LogP contribution in [0.3, 0.4) is 0 Å². The van der Waals surface area contributed by atoms with Crippen LogP contribution in [0.15, 0.2) is 60.7 Å². The molecular weight excluding hydrogens is 330 g/mol. The lowest BCUT2D eigenvalue weighted by Gasteiger charge is -2.21. The van der Waals surface area contributed by atoms with Gasteiger partial charge in [-0.25, -0.2) is 0 Å². The number of benzene rings is 2. The average molecular weight is 353 g/mol. The highest BCUT2D eigenvalue weighted by Crippen LogP contribution is 2.28. The van der Waals surface area contributed by atoms with E-state index in [0.29, 0.717) is 5.56 Å². The molecule has 2 rings (SSSR count). The first-order chi connectivity index (χ1) is 12.5. The summed E-state index contributed by atoms with van der Waals surface area (Å²) in [5.41, 5.74) is 1.22. The van der Waals surface area contributed by atoms with Gasteiger partial charge in [-0.15, -0.1) is 0 Å². The number of carbonyl (C=O) groups is 3. The van der Waals surface area contributed by atoms with E-state index in [1.165, 1.54) is 0 Å². The van der Waals surface area contributed by atoms with Gasteiger partial charge < -0.3 is 4.74 Å². The summed E-state index contributed by atoms with van der Waals surface area (Å²) in [5.74, 6) is -2.01. The molecule has 0 aromatic heterocycles. The number of hydrogen-bond acceptors (Lipinski definition) is 4. The van der Waals surface area contributed by atoms with Crippen LogP contribution in [-0.4, -0.2) is 24.4 Å². The summed E-state index contributed by atoms with van der Waals surface area (Å²) in [7, 11) is 0. The van der Waals surface area contributed by atoms with E-state index in [1.807, 2.05) is 44.2 Å². The Bertz CT molecular complexity index is 743. The monoisotopic (exact) mass is 353 g/mol. The van der Waals surface area contributed by atoms with Gasteiger partial charge in [0, 0.05) is 5.56 Å². The minimum Gasteiger partial charge on any atom is -0.455 e. The first kappa shape index (κ1) is 19.4. The van der Waals surface area contributed by atoms with Crippen molar-refractivity contribution >= 4 is 17.8 Å². The first-order valence-electron chi connectivity index (χ1n) is 8.63. The first-order valence-corrected chi connectivity index (χ1v) is 8.63. The second kappa shape index (κ2) is 9.51. The topological polar surface area (TPSA) is 72.5 Å². The van der Waals surface area contributed by atoms with E-state index in [2.05, 4.69) is 5.32 Å². The summed E-state index contributed by atoms with van der Waals surface area (Å²) in [6.45, 7) is 3.48. The molecule has 0 unspecified atom stereocenters. The van der Waals surface area contributed by atoms with Gasteiger partial charge in [0.25, 0.3) is 11.8 Å². The zero-order chi connectivity index (χ0) is 18.9. The highest BCUT2D eigenvalue weighted by atomic mass is 16.5. The standard InChI is InChI=1S/C21H23NO4/c1-3-15(2)19(16-10-6-4-7-11-16)21(25)26-14-18(23)22-20(24)17-12-8-5-9-13-17/h4-13,15,19H,3,14H2,1-2H3,(H,22,23,24)/t15-,19-/m0/s1. The van der Waals surface area contributed by atoms with E-state index < -0.39 is 30.3 Å². The molecule has 0 saturated heterocycles. The smallest absolute Gasteiger partial charge is 0.314 e. The normalized spacial score (nSPS) is 12.7. The summed E-state index contributed by atoms with van der Waals surface area (Å²) in [5, 5.41) is 2.22. The number of amides is 2. The van der Waals surface area contributed by atoms with Gasteiger partial charge in [0.15, 0.2) is 6.61 Å². The Morgan fingerprint density at radius 1 is 0.962 bits per heavy atom. The van der Waals surface area contributed by atoms with E-state index in [-0.39, 0.29) is 5.92 Å². The van der Waals surface area contributed by atoms with Gasteiger partial charge in [0.2, 0.25) is 0 Å². The quantitative estimate of drug-likeness (QED) is 0.775. The van der Waals surface area contributed by atoms with Crippen LogP contribution in [0, 0.1) is 5.92 Å². The number of rotatable bonds is 7. The van der Waals surface area contributed by atoms with Crippen LogP contribution in [0.5, 0.6) is 0 Å². The molecule has 0 radical (unpaired) electrons. The number of nitrogens with one attached hydrogen (secondary N) is 1. The molecule has 0 spiro atoms. The molecule has 2 amide bonds. The van der Waals surface area contributed by atoms with Gasteiger partial charge >= 0.3 is 5.97 Å². The van der Waals surface area contributed by atoms with E-state index in [1.54, 1.807) is 30.3 Å². The zero-order valence-corrected chi connectivity index (χ0v) is 15.0. The largest absolute Gasteiger partial charge is 0.455 e. The summed E-state index contributed by atoms with van der Waals surface area (Å²) in [4.78, 5) is 36.4. The maximum atomic E-state index is 12.5. The second-order valence-electron chi connectivity index (χ2n) is 6.12. The third-order valence-electron chi connectivity index (χ3n) is 4.26. The fraction of sp³-hybridized carbons (Fsp3) is 0.286. The van der Waals surface area contributed by atoms with E-state index in [4.69, 9.17) is 4.74 Å². The number of ether oxygens (including phenoxy) is 1. The Labute approximate surface area is 153 Å². The van der Waals surface area contributed by atoms with Gasteiger partial charge in [-0.05, 0) is 23.6 Å². The molecule has 2 aromatic carbocycles. The lowest BCUT2D eigenvalue weighted by atomic mass is 9.86. The van der Waals surface area contributed by atoms with Crippen molar-refractivity contribution in [2.75, 3.05) is 6.61 Å². The molecule has 0 heterocycles. The van der Waals surface area contributed by atoms with Crippen molar-refractivity contribution in [2.24, 2.45) is 5.92 Å². The zero-order valence-electron chi connectivity index (χ0n) is 15.0. The Morgan fingerprint density at radius 3 is 2.12 bits per heavy atom. The Kier molecular flexibility index (Phi) is 7.09. The van der Waals surface area contributed by atoms with Crippen LogP contribution in [0.2, 0.25) is 0 Å². The molecule has 5 heteroatoms. The van der Waals surface area contributed by atoms with Crippen LogP contribution in [0.1, 0.15) is 42.1 Å². The fourth-order valence-electron chi connectivity index (χ4n) is 2.64. The van der Waals surface area contributed by atoms with Gasteiger partial charge in [-0.2, -0.15) is 0 Å². The summed E-state index contributed by atoms with van der Waals surface area (Å²) < 4.78 is 5.18. The number of carbonyl (C=O) groups excluding carboxylic acids is 3. The van der Waals surface area contributed by atoms with E-state index >= 15 is 0 Å². The maximum absolute atomic E-state index is 12.5. The summed E-state index contributed by atoms with van der Waals surface area (Å²) in [6.07, 6.45) is 0.799. The third-order valence-corrected chi connectivity index (χ3v) is 4.26. The van der Waals surface area contributed by atoms with E-state index in [0.717, 1.165) is 12.0 Å². The number of hydrogen-bond donors (Lipinski definition) is 1. The molecule has 26 heavy (non-hydrogen) atoms. The second-order valence-corrected chi connectivity index (χ2v) is 6.12. The van der Waals surface area contributed by atoms with Crippen molar-refractivity contribution in [3.8, 4) is 0 Å². The summed E-state index contributed by atoms with van der Waals surface area (Å²) >= 11 is 0. The van der Waals surface area contributed by atoms with Crippen molar-refractivity contribution in [1.29, 1.82) is 0 Å². The minimum atomic E-state index is -0.650. The maximum Gasteiger partial charge on any atom is 0.314 e. The predicted molar refractivity (Wildman–Crippen MR) is 98.5 cm³/mol. The van der Waals surface area contributed by atoms with Crippen molar-refractivity contribution in [2.45, 2.75) is 26.2 Å². The molecular formula is C21H23NO4. The van der Waals surface area contributed by atoms with Crippen LogP contribution in [0.25, 0.3) is 0 Å². The molecule has 0 bridgehead atoms. The molecule has 2 atom stereocenters. The van der Waals surface area contributed by atoms with Gasteiger partial charge in [0.05, 0.1) is 5.92 Å². The SMILES string of the molecule is CC[C@H](C)[C@H](C(=O)OCC(=O)NC(=O)c1ccccc1)c1ccccc1. The summed E-state index contributed by atoms with van der Waals surface area (Å²) in [6, 6.07) is 17.7. The van der Waals surface area contributed by atoms with Crippen molar-refractivity contribution in [3.05, 3.63) is 71.8 Å². The highest BCUT2D eigenvalue weighted by Gasteiger charge is 2.28. The minimum absolute atomic E-state index is 0.0684. The lowest BCUT2D eigenvalue weighted by Crippen LogP contribution is -2.35. The Balaban J connectivity index is 1.95. The third kappa shape index (κ3) is 5.28. The molecule has 2 aromatic rings. The van der Waals surface area contributed by atoms with Crippen LogP contribution in [-0.2, 0) is 14.3 Å². The molecule has 0 saturated carbocycles. The van der Waals surface area contributed by atoms with Crippen molar-refractivity contribution < 1.29 is 19.1 Å². The molecule has 1 N–H and O–H groups in total. The fourth-order valence-corrected chi connectivity index (χ4v) is 2.64. The Hall–Kier alpha value is -2.95. The number of imide groups is 1. The molecule has 5 nitrogen and oxygen atoms in total. The van der Waals surface area contributed by atoms with Crippen molar-refractivity contribution in [3.63, 3.8) is 0 Å². The molecule has 0 aliphatic carbocycles. The van der Waals surface area contributed by atoms with Gasteiger partial charge in [0.1, 0.15) is 0 Å². The molecule has 0 fully saturated rings. The van der Waals surface area contributed by atoms with Crippen molar-refractivity contribution in [1.82, 2.24) is 5.32 Å². The van der Waals surface area contributed by atoms with Gasteiger partial charge in [-0.3, -0.25) is 19.7 Å². The van der Waals surface area contributed by atoms with Crippen LogP contribution < -0.4 is 5.32 Å². The van der Waals surface area contributed by atoms with Gasteiger partial charge in [-0.1, -0.05) is 68.8 Å². The van der Waals surface area contributed by atoms with Crippen LogP contribution >= 0.6 is 0 Å². The number of esters is 1. The lowest BCUT2D eigenvalue weighted by molar-refractivity contribution is -0.151. The Morgan fingerprint density at radius 2 is 1.54 bits per heavy atom. The predicted octanol–water partition coefficient (Wildman–Crippen LogP) is 3.32. The van der Waals surface area contributed by atoms with E-state index in [9.17, 15) is 14.4 Å². The average Bonchev–Trinajstić information content (AvgIpc) is 2.68. The highest BCUT2D eigenvalue weighted by molar-refractivity contribution is 6.05. The molecule has 136 valence electrons. The molecule has 0 aliphatic rings. The van der Waals surface area contributed by atoms with Crippen LogP contribution in [0.4, 0.5) is 0 Å². The molecule has 0 aliphatic heterocycles.